The number of nitrogens with zero attached hydrogens (tertiary/aromatic N) is 2. The van der Waals surface area contributed by atoms with Gasteiger partial charge >= 0.3 is 0 Å². The fraction of sp³-hybridized carbons (Fsp3) is 0.812. The Morgan fingerprint density at radius 2 is 1.85 bits per heavy atom. The van der Waals surface area contributed by atoms with E-state index in [0.717, 1.165) is 13.1 Å². The lowest BCUT2D eigenvalue weighted by atomic mass is 9.89. The standard InChI is InChI=1S/C16H31N3S/c1-8-16(9-2,20-7)12-17-10-13-11-19(6)18-14(13)15(3,4)5/h11,17H,8-10,12H2,1-7H3. The predicted molar refractivity (Wildman–Crippen MR) is 90.4 cm³/mol. The molecule has 0 aliphatic heterocycles. The lowest BCUT2D eigenvalue weighted by Gasteiger charge is -2.30. The summed E-state index contributed by atoms with van der Waals surface area (Å²) in [5.74, 6) is 0. The Hall–Kier alpha value is -0.480. The topological polar surface area (TPSA) is 29.9 Å². The van der Waals surface area contributed by atoms with E-state index in [0.29, 0.717) is 4.75 Å². The predicted octanol–water partition coefficient (Wildman–Crippen LogP) is 3.73. The van der Waals surface area contributed by atoms with Crippen molar-refractivity contribution < 1.29 is 0 Å². The second-order valence-electron chi connectivity index (χ2n) is 6.62. The van der Waals surface area contributed by atoms with Gasteiger partial charge in [-0.15, -0.1) is 0 Å². The van der Waals surface area contributed by atoms with Gasteiger partial charge in [-0.3, -0.25) is 4.68 Å². The Labute approximate surface area is 128 Å². The van der Waals surface area contributed by atoms with Gasteiger partial charge in [-0.05, 0) is 19.1 Å². The zero-order chi connectivity index (χ0) is 15.4. The molecule has 0 aromatic carbocycles. The van der Waals surface area contributed by atoms with Crippen molar-refractivity contribution in [3.63, 3.8) is 0 Å². The molecular formula is C16H31N3S. The molecule has 0 amide bonds. The van der Waals surface area contributed by atoms with Crippen molar-refractivity contribution in [3.05, 3.63) is 17.5 Å². The first kappa shape index (κ1) is 17.6. The van der Waals surface area contributed by atoms with E-state index in [1.54, 1.807) is 0 Å². The maximum atomic E-state index is 4.63. The van der Waals surface area contributed by atoms with E-state index >= 15 is 0 Å². The molecule has 1 aromatic heterocycles. The Bertz CT molecular complexity index is 406. The third-order valence-corrected chi connectivity index (χ3v) is 5.69. The fourth-order valence-electron chi connectivity index (χ4n) is 2.58. The first-order chi connectivity index (χ1) is 9.28. The Kier molecular flexibility index (Phi) is 6.14. The number of hydrogen-bond donors (Lipinski definition) is 1. The number of aromatic nitrogens is 2. The summed E-state index contributed by atoms with van der Waals surface area (Å²) in [5.41, 5.74) is 2.63. The largest absolute Gasteiger partial charge is 0.311 e. The quantitative estimate of drug-likeness (QED) is 0.831. The highest BCUT2D eigenvalue weighted by Crippen LogP contribution is 2.30. The number of hydrogen-bond acceptors (Lipinski definition) is 3. The minimum atomic E-state index is 0.102. The summed E-state index contributed by atoms with van der Waals surface area (Å²) >= 11 is 1.98. The lowest BCUT2D eigenvalue weighted by Crippen LogP contribution is -2.36. The number of aryl methyl sites for hydroxylation is 1. The molecule has 0 saturated carbocycles. The normalized spacial score (nSPS) is 12.9. The molecule has 1 aromatic rings. The van der Waals surface area contributed by atoms with Gasteiger partial charge in [-0.25, -0.2) is 0 Å². The summed E-state index contributed by atoms with van der Waals surface area (Å²) in [6, 6.07) is 0. The van der Waals surface area contributed by atoms with Gasteiger partial charge in [-0.2, -0.15) is 16.9 Å². The minimum absolute atomic E-state index is 0.102. The maximum Gasteiger partial charge on any atom is 0.0722 e. The molecule has 0 radical (unpaired) electrons. The Morgan fingerprint density at radius 3 is 2.30 bits per heavy atom. The number of rotatable bonds is 7. The molecule has 4 heteroatoms. The van der Waals surface area contributed by atoms with Crippen molar-refractivity contribution >= 4 is 11.8 Å². The third-order valence-electron chi connectivity index (χ3n) is 4.10. The van der Waals surface area contributed by atoms with Crippen molar-refractivity contribution in [2.45, 2.75) is 64.2 Å². The fourth-order valence-corrected chi connectivity index (χ4v) is 3.41. The van der Waals surface area contributed by atoms with Crippen molar-refractivity contribution in [1.29, 1.82) is 0 Å². The molecule has 3 nitrogen and oxygen atoms in total. The minimum Gasteiger partial charge on any atom is -0.311 e. The van der Waals surface area contributed by atoms with Crippen LogP contribution in [-0.4, -0.2) is 27.3 Å². The van der Waals surface area contributed by atoms with Crippen LogP contribution < -0.4 is 5.32 Å². The molecule has 0 fully saturated rings. The smallest absolute Gasteiger partial charge is 0.0722 e. The molecule has 1 N–H and O–H groups in total. The summed E-state index contributed by atoms with van der Waals surface area (Å²) in [6.07, 6.45) is 6.78. The monoisotopic (exact) mass is 297 g/mol. The molecule has 0 unspecified atom stereocenters. The Balaban J connectivity index is 2.71. The summed E-state index contributed by atoms with van der Waals surface area (Å²) in [6.45, 7) is 13.2. The molecule has 1 heterocycles. The van der Waals surface area contributed by atoms with E-state index in [9.17, 15) is 0 Å². The number of nitrogens with one attached hydrogen (secondary N) is 1. The summed E-state index contributed by atoms with van der Waals surface area (Å²) in [5, 5.41) is 8.28. The van der Waals surface area contributed by atoms with Gasteiger partial charge in [0.25, 0.3) is 0 Å². The van der Waals surface area contributed by atoms with Crippen LogP contribution in [0.3, 0.4) is 0 Å². The zero-order valence-electron chi connectivity index (χ0n) is 14.2. The maximum absolute atomic E-state index is 4.63. The molecule has 20 heavy (non-hydrogen) atoms. The third kappa shape index (κ3) is 4.26. The molecular weight excluding hydrogens is 266 g/mol. The lowest BCUT2D eigenvalue weighted by molar-refractivity contribution is 0.489. The molecule has 0 aliphatic rings. The summed E-state index contributed by atoms with van der Waals surface area (Å²) < 4.78 is 2.29. The van der Waals surface area contributed by atoms with Crippen LogP contribution in [-0.2, 0) is 19.0 Å². The summed E-state index contributed by atoms with van der Waals surface area (Å²) in [4.78, 5) is 0. The average molecular weight is 298 g/mol. The van der Waals surface area contributed by atoms with E-state index in [1.807, 2.05) is 23.5 Å². The van der Waals surface area contributed by atoms with Gasteiger partial charge in [0.15, 0.2) is 0 Å². The highest BCUT2D eigenvalue weighted by atomic mass is 32.2. The second kappa shape index (κ2) is 6.99. The van der Waals surface area contributed by atoms with Crippen molar-refractivity contribution in [3.8, 4) is 0 Å². The molecule has 0 spiro atoms. The van der Waals surface area contributed by atoms with Gasteiger partial charge in [0.2, 0.25) is 0 Å². The van der Waals surface area contributed by atoms with Gasteiger partial charge in [0, 0.05) is 42.1 Å². The molecule has 0 aliphatic carbocycles. The van der Waals surface area contributed by atoms with Crippen LogP contribution in [0.1, 0.15) is 58.7 Å². The van der Waals surface area contributed by atoms with Gasteiger partial charge in [0.05, 0.1) is 5.69 Å². The van der Waals surface area contributed by atoms with Crippen molar-refractivity contribution in [1.82, 2.24) is 15.1 Å². The molecule has 116 valence electrons. The van der Waals surface area contributed by atoms with Crippen LogP contribution in [0, 0.1) is 0 Å². The molecule has 0 saturated heterocycles. The second-order valence-corrected chi connectivity index (χ2v) is 7.90. The van der Waals surface area contributed by atoms with E-state index in [4.69, 9.17) is 0 Å². The summed E-state index contributed by atoms with van der Waals surface area (Å²) in [7, 11) is 2.00. The van der Waals surface area contributed by atoms with Crippen LogP contribution in [0.25, 0.3) is 0 Å². The number of thioether (sulfide) groups is 1. The van der Waals surface area contributed by atoms with Crippen LogP contribution in [0.5, 0.6) is 0 Å². The zero-order valence-corrected chi connectivity index (χ0v) is 15.0. The Morgan fingerprint density at radius 1 is 1.25 bits per heavy atom. The molecule has 0 bridgehead atoms. The van der Waals surface area contributed by atoms with Gasteiger partial charge in [-0.1, -0.05) is 34.6 Å². The first-order valence-corrected chi connectivity index (χ1v) is 8.79. The van der Waals surface area contributed by atoms with Crippen molar-refractivity contribution in [2.75, 3.05) is 12.8 Å². The van der Waals surface area contributed by atoms with Gasteiger partial charge in [0.1, 0.15) is 0 Å². The van der Waals surface area contributed by atoms with Gasteiger partial charge < -0.3 is 5.32 Å². The highest BCUT2D eigenvalue weighted by molar-refractivity contribution is 8.00. The van der Waals surface area contributed by atoms with Crippen LogP contribution in [0.15, 0.2) is 6.20 Å². The van der Waals surface area contributed by atoms with Crippen LogP contribution >= 0.6 is 11.8 Å². The van der Waals surface area contributed by atoms with E-state index in [-0.39, 0.29) is 5.41 Å². The highest BCUT2D eigenvalue weighted by Gasteiger charge is 2.25. The van der Waals surface area contributed by atoms with E-state index in [2.05, 4.69) is 57.5 Å². The van der Waals surface area contributed by atoms with E-state index in [1.165, 1.54) is 24.1 Å². The molecule has 1 rings (SSSR count). The SMILES string of the molecule is CCC(CC)(CNCc1cn(C)nc1C(C)(C)C)SC. The first-order valence-electron chi connectivity index (χ1n) is 7.57. The van der Waals surface area contributed by atoms with Crippen LogP contribution in [0.4, 0.5) is 0 Å². The molecule has 0 atom stereocenters. The van der Waals surface area contributed by atoms with Crippen LogP contribution in [0.2, 0.25) is 0 Å². The van der Waals surface area contributed by atoms with E-state index < -0.39 is 0 Å². The average Bonchev–Trinajstić information content (AvgIpc) is 2.76. The van der Waals surface area contributed by atoms with Crippen molar-refractivity contribution in [2.24, 2.45) is 7.05 Å².